The molecular formula is C19H16F2N4O3. The van der Waals surface area contributed by atoms with Crippen molar-refractivity contribution in [3.8, 4) is 11.5 Å². The number of carbonyl (C=O) groups excluding carboxylic acids is 1. The van der Waals surface area contributed by atoms with Crippen molar-refractivity contribution in [1.29, 1.82) is 0 Å². The molecule has 0 aliphatic rings. The van der Waals surface area contributed by atoms with Crippen LogP contribution in [0, 0.1) is 11.6 Å². The normalized spacial score (nSPS) is 10.3. The Morgan fingerprint density at radius 2 is 1.75 bits per heavy atom. The van der Waals surface area contributed by atoms with Crippen LogP contribution in [0.15, 0.2) is 48.8 Å². The molecule has 7 nitrogen and oxygen atoms in total. The number of rotatable bonds is 6. The highest BCUT2D eigenvalue weighted by molar-refractivity contribution is 6.03. The van der Waals surface area contributed by atoms with Crippen LogP contribution in [0.5, 0.6) is 11.5 Å². The summed E-state index contributed by atoms with van der Waals surface area (Å²) in [4.78, 5) is 20.2. The van der Waals surface area contributed by atoms with Crippen LogP contribution >= 0.6 is 0 Å². The lowest BCUT2D eigenvalue weighted by Crippen LogP contribution is -2.16. The van der Waals surface area contributed by atoms with E-state index in [1.807, 2.05) is 0 Å². The van der Waals surface area contributed by atoms with E-state index in [0.29, 0.717) is 17.2 Å². The number of halogens is 2. The van der Waals surface area contributed by atoms with Gasteiger partial charge >= 0.3 is 0 Å². The number of nitrogens with one attached hydrogen (secondary N) is 2. The van der Waals surface area contributed by atoms with E-state index in [-0.39, 0.29) is 11.5 Å². The zero-order chi connectivity index (χ0) is 20.1. The molecule has 28 heavy (non-hydrogen) atoms. The zero-order valence-electron chi connectivity index (χ0n) is 15.0. The fraction of sp³-hybridized carbons (Fsp3) is 0.105. The van der Waals surface area contributed by atoms with E-state index in [1.165, 1.54) is 26.4 Å². The van der Waals surface area contributed by atoms with Gasteiger partial charge in [-0.2, -0.15) is 0 Å². The summed E-state index contributed by atoms with van der Waals surface area (Å²) in [5, 5.41) is 5.17. The number of nitrogens with zero attached hydrogens (tertiary/aromatic N) is 2. The number of hydrogen-bond donors (Lipinski definition) is 2. The highest BCUT2D eigenvalue weighted by atomic mass is 19.1. The molecule has 0 saturated carbocycles. The Morgan fingerprint density at radius 1 is 1.00 bits per heavy atom. The Labute approximate surface area is 159 Å². The summed E-state index contributed by atoms with van der Waals surface area (Å²) in [5.41, 5.74) is -0.0430. The molecule has 0 aliphatic heterocycles. The number of amides is 1. The van der Waals surface area contributed by atoms with Gasteiger partial charge in [-0.05, 0) is 24.3 Å². The van der Waals surface area contributed by atoms with E-state index >= 15 is 0 Å². The van der Waals surface area contributed by atoms with Crippen LogP contribution in [-0.2, 0) is 0 Å². The summed E-state index contributed by atoms with van der Waals surface area (Å²) in [6.07, 6.45) is 1.16. The molecule has 0 spiro atoms. The number of methoxy groups -OCH3 is 2. The molecule has 9 heteroatoms. The molecule has 3 aromatic rings. The number of hydrogen-bond acceptors (Lipinski definition) is 6. The van der Waals surface area contributed by atoms with Crippen molar-refractivity contribution in [1.82, 2.24) is 9.97 Å². The molecule has 0 unspecified atom stereocenters. The number of aromatic nitrogens is 2. The van der Waals surface area contributed by atoms with Crippen LogP contribution in [0.4, 0.5) is 26.0 Å². The lowest BCUT2D eigenvalue weighted by atomic mass is 10.2. The van der Waals surface area contributed by atoms with Crippen molar-refractivity contribution in [3.05, 3.63) is 66.1 Å². The predicted molar refractivity (Wildman–Crippen MR) is 99.2 cm³/mol. The monoisotopic (exact) mass is 386 g/mol. The SMILES string of the molecule is COc1ccc(Nc2cc(C(=O)Nc3c(F)cccc3F)ncn2)c(OC)c1. The van der Waals surface area contributed by atoms with E-state index in [4.69, 9.17) is 9.47 Å². The molecule has 0 fully saturated rings. The van der Waals surface area contributed by atoms with Crippen molar-refractivity contribution < 1.29 is 23.0 Å². The van der Waals surface area contributed by atoms with Crippen molar-refractivity contribution in [2.24, 2.45) is 0 Å². The van der Waals surface area contributed by atoms with Crippen LogP contribution in [0.2, 0.25) is 0 Å². The topological polar surface area (TPSA) is 85.4 Å². The third-order valence-electron chi connectivity index (χ3n) is 3.77. The van der Waals surface area contributed by atoms with Crippen LogP contribution in [0.3, 0.4) is 0 Å². The van der Waals surface area contributed by atoms with Gasteiger partial charge in [0, 0.05) is 12.1 Å². The second-order valence-corrected chi connectivity index (χ2v) is 5.53. The molecule has 1 amide bonds. The van der Waals surface area contributed by atoms with Crippen molar-refractivity contribution in [2.75, 3.05) is 24.9 Å². The third-order valence-corrected chi connectivity index (χ3v) is 3.77. The molecule has 0 bridgehead atoms. The fourth-order valence-corrected chi connectivity index (χ4v) is 2.38. The number of benzene rings is 2. The number of ether oxygens (including phenoxy) is 2. The average Bonchev–Trinajstić information content (AvgIpc) is 2.71. The third kappa shape index (κ3) is 4.14. The summed E-state index contributed by atoms with van der Waals surface area (Å²) in [7, 11) is 3.04. The Morgan fingerprint density at radius 3 is 2.43 bits per heavy atom. The molecule has 2 aromatic carbocycles. The molecule has 0 aliphatic carbocycles. The molecule has 0 saturated heterocycles. The summed E-state index contributed by atoms with van der Waals surface area (Å²) in [5.74, 6) is -1.16. The smallest absolute Gasteiger partial charge is 0.274 e. The van der Waals surface area contributed by atoms with Crippen molar-refractivity contribution in [3.63, 3.8) is 0 Å². The zero-order valence-corrected chi connectivity index (χ0v) is 15.0. The number of anilines is 3. The number of carbonyl (C=O) groups is 1. The van der Waals surface area contributed by atoms with Gasteiger partial charge in [-0.1, -0.05) is 6.07 Å². The van der Waals surface area contributed by atoms with Crippen LogP contribution in [0.1, 0.15) is 10.5 Å². The first kappa shape index (κ1) is 19.0. The molecule has 2 N–H and O–H groups in total. The van der Waals surface area contributed by atoms with E-state index in [1.54, 1.807) is 18.2 Å². The fourth-order valence-electron chi connectivity index (χ4n) is 2.38. The average molecular weight is 386 g/mol. The Hall–Kier alpha value is -3.75. The van der Waals surface area contributed by atoms with E-state index in [2.05, 4.69) is 20.6 Å². The van der Waals surface area contributed by atoms with Crippen molar-refractivity contribution >= 4 is 23.1 Å². The molecule has 1 heterocycles. The summed E-state index contributed by atoms with van der Waals surface area (Å²) < 4.78 is 37.9. The van der Waals surface area contributed by atoms with Crippen LogP contribution < -0.4 is 20.1 Å². The number of para-hydroxylation sites is 1. The van der Waals surface area contributed by atoms with E-state index in [0.717, 1.165) is 18.5 Å². The summed E-state index contributed by atoms with van der Waals surface area (Å²) >= 11 is 0. The molecule has 3 rings (SSSR count). The van der Waals surface area contributed by atoms with Gasteiger partial charge in [0.1, 0.15) is 46.7 Å². The van der Waals surface area contributed by atoms with Gasteiger partial charge in [-0.3, -0.25) is 4.79 Å². The second kappa shape index (κ2) is 8.30. The largest absolute Gasteiger partial charge is 0.497 e. The molecular weight excluding hydrogens is 370 g/mol. The van der Waals surface area contributed by atoms with Gasteiger partial charge in [-0.25, -0.2) is 18.7 Å². The summed E-state index contributed by atoms with van der Waals surface area (Å²) in [6.45, 7) is 0. The maximum Gasteiger partial charge on any atom is 0.274 e. The van der Waals surface area contributed by atoms with E-state index in [9.17, 15) is 13.6 Å². The molecule has 0 atom stereocenters. The van der Waals surface area contributed by atoms with Gasteiger partial charge in [-0.15, -0.1) is 0 Å². The Balaban J connectivity index is 1.82. The van der Waals surface area contributed by atoms with Gasteiger partial charge in [0.25, 0.3) is 5.91 Å². The Kier molecular flexibility index (Phi) is 5.64. The lowest BCUT2D eigenvalue weighted by molar-refractivity contribution is 0.102. The quantitative estimate of drug-likeness (QED) is 0.671. The van der Waals surface area contributed by atoms with Crippen LogP contribution in [-0.4, -0.2) is 30.1 Å². The lowest BCUT2D eigenvalue weighted by Gasteiger charge is -2.12. The maximum atomic E-state index is 13.7. The minimum atomic E-state index is -0.885. The second-order valence-electron chi connectivity index (χ2n) is 5.53. The first-order valence-corrected chi connectivity index (χ1v) is 8.08. The van der Waals surface area contributed by atoms with Gasteiger partial charge in [0.2, 0.25) is 0 Å². The maximum absolute atomic E-state index is 13.7. The first-order chi connectivity index (χ1) is 13.5. The van der Waals surface area contributed by atoms with Gasteiger partial charge in [0.05, 0.1) is 19.9 Å². The molecule has 144 valence electrons. The minimum absolute atomic E-state index is 0.0763. The highest BCUT2D eigenvalue weighted by Crippen LogP contribution is 2.31. The molecule has 1 aromatic heterocycles. The van der Waals surface area contributed by atoms with E-state index < -0.39 is 23.2 Å². The minimum Gasteiger partial charge on any atom is -0.497 e. The Bertz CT molecular complexity index is 994. The first-order valence-electron chi connectivity index (χ1n) is 8.08. The van der Waals surface area contributed by atoms with Gasteiger partial charge in [0.15, 0.2) is 0 Å². The standard InChI is InChI=1S/C19H16F2N4O3/c1-27-11-6-7-14(16(8-11)28-2)24-17-9-15(22-10-23-17)19(26)25-18-12(20)4-3-5-13(18)21/h3-10H,1-2H3,(H,25,26)(H,22,23,24). The summed E-state index contributed by atoms with van der Waals surface area (Å²) in [6, 6.07) is 9.75. The van der Waals surface area contributed by atoms with Gasteiger partial charge < -0.3 is 20.1 Å². The predicted octanol–water partition coefficient (Wildman–Crippen LogP) is 3.77. The van der Waals surface area contributed by atoms with Crippen LogP contribution in [0.25, 0.3) is 0 Å². The molecule has 0 radical (unpaired) electrons. The van der Waals surface area contributed by atoms with Crippen molar-refractivity contribution in [2.45, 2.75) is 0 Å². The highest BCUT2D eigenvalue weighted by Gasteiger charge is 2.15.